The van der Waals surface area contributed by atoms with Crippen LogP contribution in [0.25, 0.3) is 0 Å². The van der Waals surface area contributed by atoms with E-state index in [1.54, 1.807) is 36.4 Å². The van der Waals surface area contributed by atoms with Crippen molar-refractivity contribution in [2.75, 3.05) is 18.5 Å². The van der Waals surface area contributed by atoms with Crippen LogP contribution in [0.3, 0.4) is 0 Å². The fourth-order valence-electron chi connectivity index (χ4n) is 2.73. The zero-order valence-electron chi connectivity index (χ0n) is 14.2. The van der Waals surface area contributed by atoms with Crippen LogP contribution in [-0.2, 0) is 4.74 Å². The monoisotopic (exact) mass is 338 g/mol. The van der Waals surface area contributed by atoms with Crippen LogP contribution in [0.1, 0.15) is 39.1 Å². The minimum absolute atomic E-state index is 0.122. The molecule has 0 saturated carbocycles. The molecule has 5 heteroatoms. The molecule has 1 atom stereocenters. The number of carbonyl (C=O) groups excluding carboxylic acids is 2. The van der Waals surface area contributed by atoms with E-state index in [9.17, 15) is 9.59 Å². The molecule has 0 spiro atoms. The number of aryl methyl sites for hydroxylation is 1. The Morgan fingerprint density at radius 3 is 2.28 bits per heavy atom. The van der Waals surface area contributed by atoms with E-state index in [-0.39, 0.29) is 17.9 Å². The number of ether oxygens (including phenoxy) is 1. The largest absolute Gasteiger partial charge is 0.376 e. The van der Waals surface area contributed by atoms with Gasteiger partial charge in [0.1, 0.15) is 0 Å². The summed E-state index contributed by atoms with van der Waals surface area (Å²) in [4.78, 5) is 24.3. The van der Waals surface area contributed by atoms with Crippen molar-refractivity contribution in [3.63, 3.8) is 0 Å². The maximum Gasteiger partial charge on any atom is 0.255 e. The first kappa shape index (κ1) is 17.2. The third-order valence-electron chi connectivity index (χ3n) is 4.23. The maximum absolute atomic E-state index is 12.2. The van der Waals surface area contributed by atoms with Gasteiger partial charge in [-0.15, -0.1) is 0 Å². The highest BCUT2D eigenvalue weighted by atomic mass is 16.5. The molecule has 5 nitrogen and oxygen atoms in total. The summed E-state index contributed by atoms with van der Waals surface area (Å²) < 4.78 is 5.49. The van der Waals surface area contributed by atoms with Crippen molar-refractivity contribution >= 4 is 17.5 Å². The van der Waals surface area contributed by atoms with E-state index in [1.165, 1.54) is 0 Å². The lowest BCUT2D eigenvalue weighted by Crippen LogP contribution is -2.31. The maximum atomic E-state index is 12.2. The van der Waals surface area contributed by atoms with Gasteiger partial charge in [0, 0.05) is 30.0 Å². The Balaban J connectivity index is 1.55. The van der Waals surface area contributed by atoms with Gasteiger partial charge in [-0.05, 0) is 56.2 Å². The topological polar surface area (TPSA) is 67.4 Å². The summed E-state index contributed by atoms with van der Waals surface area (Å²) in [6.45, 7) is 3.28. The van der Waals surface area contributed by atoms with E-state index in [2.05, 4.69) is 10.6 Å². The lowest BCUT2D eigenvalue weighted by atomic mass is 10.1. The standard InChI is InChI=1S/C20H22N2O3/c1-14-4-6-16(7-5-14)20(24)22-17-10-8-15(9-11-17)19(23)21-13-18-3-2-12-25-18/h4-11,18H,2-3,12-13H2,1H3,(H,21,23)(H,22,24)/t18-/m1/s1. The van der Waals surface area contributed by atoms with Crippen LogP contribution in [0.15, 0.2) is 48.5 Å². The minimum Gasteiger partial charge on any atom is -0.376 e. The van der Waals surface area contributed by atoms with Crippen molar-refractivity contribution in [2.45, 2.75) is 25.9 Å². The van der Waals surface area contributed by atoms with Crippen molar-refractivity contribution in [1.82, 2.24) is 5.32 Å². The van der Waals surface area contributed by atoms with Gasteiger partial charge in [0.15, 0.2) is 0 Å². The summed E-state index contributed by atoms with van der Waals surface area (Å²) in [5.41, 5.74) is 2.92. The lowest BCUT2D eigenvalue weighted by molar-refractivity contribution is 0.0857. The van der Waals surface area contributed by atoms with Crippen LogP contribution in [0, 0.1) is 6.92 Å². The van der Waals surface area contributed by atoms with E-state index in [1.807, 2.05) is 19.1 Å². The Hall–Kier alpha value is -2.66. The van der Waals surface area contributed by atoms with E-state index >= 15 is 0 Å². The molecule has 3 rings (SSSR count). The molecule has 0 aromatic heterocycles. The van der Waals surface area contributed by atoms with Crippen LogP contribution in [-0.4, -0.2) is 31.1 Å². The molecule has 0 unspecified atom stereocenters. The molecule has 1 heterocycles. The number of hydrogen-bond acceptors (Lipinski definition) is 3. The van der Waals surface area contributed by atoms with Gasteiger partial charge in [0.2, 0.25) is 0 Å². The highest BCUT2D eigenvalue weighted by Crippen LogP contribution is 2.13. The second-order valence-electron chi connectivity index (χ2n) is 6.24. The zero-order valence-corrected chi connectivity index (χ0v) is 14.2. The van der Waals surface area contributed by atoms with Gasteiger partial charge in [0.25, 0.3) is 11.8 Å². The predicted molar refractivity (Wildman–Crippen MR) is 96.9 cm³/mol. The van der Waals surface area contributed by atoms with Crippen molar-refractivity contribution in [2.24, 2.45) is 0 Å². The fourth-order valence-corrected chi connectivity index (χ4v) is 2.73. The van der Waals surface area contributed by atoms with Gasteiger partial charge < -0.3 is 15.4 Å². The molecule has 1 fully saturated rings. The summed E-state index contributed by atoms with van der Waals surface area (Å²) in [7, 11) is 0. The molecule has 130 valence electrons. The second-order valence-corrected chi connectivity index (χ2v) is 6.24. The molecule has 1 saturated heterocycles. The predicted octanol–water partition coefficient (Wildman–Crippen LogP) is 3.16. The Kier molecular flexibility index (Phi) is 5.46. The van der Waals surface area contributed by atoms with E-state index in [0.29, 0.717) is 23.4 Å². The number of amides is 2. The molecular weight excluding hydrogens is 316 g/mol. The highest BCUT2D eigenvalue weighted by Gasteiger charge is 2.16. The average molecular weight is 338 g/mol. The molecule has 2 N–H and O–H groups in total. The zero-order chi connectivity index (χ0) is 17.6. The first-order chi connectivity index (χ1) is 12.1. The van der Waals surface area contributed by atoms with Gasteiger partial charge >= 0.3 is 0 Å². The van der Waals surface area contributed by atoms with Gasteiger partial charge in [-0.1, -0.05) is 17.7 Å². The molecule has 2 aromatic rings. The van der Waals surface area contributed by atoms with Crippen molar-refractivity contribution in [1.29, 1.82) is 0 Å². The smallest absolute Gasteiger partial charge is 0.255 e. The van der Waals surface area contributed by atoms with Crippen molar-refractivity contribution < 1.29 is 14.3 Å². The second kappa shape index (κ2) is 7.94. The van der Waals surface area contributed by atoms with Crippen LogP contribution in [0.5, 0.6) is 0 Å². The normalized spacial score (nSPS) is 16.4. The fraction of sp³-hybridized carbons (Fsp3) is 0.300. The summed E-state index contributed by atoms with van der Waals surface area (Å²) in [6, 6.07) is 14.2. The lowest BCUT2D eigenvalue weighted by Gasteiger charge is -2.11. The first-order valence-corrected chi connectivity index (χ1v) is 8.50. The van der Waals surface area contributed by atoms with E-state index in [0.717, 1.165) is 25.0 Å². The van der Waals surface area contributed by atoms with Crippen LogP contribution in [0.4, 0.5) is 5.69 Å². The Bertz CT molecular complexity index is 733. The summed E-state index contributed by atoms with van der Waals surface area (Å²) in [5, 5.41) is 5.71. The van der Waals surface area contributed by atoms with Gasteiger partial charge in [0.05, 0.1) is 6.10 Å². The van der Waals surface area contributed by atoms with E-state index < -0.39 is 0 Å². The molecule has 0 radical (unpaired) electrons. The first-order valence-electron chi connectivity index (χ1n) is 8.50. The van der Waals surface area contributed by atoms with Gasteiger partial charge in [-0.2, -0.15) is 0 Å². The Labute approximate surface area is 147 Å². The summed E-state index contributed by atoms with van der Waals surface area (Å²) >= 11 is 0. The van der Waals surface area contributed by atoms with Crippen molar-refractivity contribution in [3.05, 3.63) is 65.2 Å². The molecular formula is C20H22N2O3. The number of nitrogens with one attached hydrogen (secondary N) is 2. The summed E-state index contributed by atoms with van der Waals surface area (Å²) in [5.74, 6) is -0.303. The van der Waals surface area contributed by atoms with Gasteiger partial charge in [-0.3, -0.25) is 9.59 Å². The molecule has 0 bridgehead atoms. The number of carbonyl (C=O) groups is 2. The third-order valence-corrected chi connectivity index (χ3v) is 4.23. The number of anilines is 1. The van der Waals surface area contributed by atoms with Crippen LogP contribution in [0.2, 0.25) is 0 Å². The highest BCUT2D eigenvalue weighted by molar-refractivity contribution is 6.04. The van der Waals surface area contributed by atoms with E-state index in [4.69, 9.17) is 4.74 Å². The summed E-state index contributed by atoms with van der Waals surface area (Å²) in [6.07, 6.45) is 2.16. The van der Waals surface area contributed by atoms with Crippen molar-refractivity contribution in [3.8, 4) is 0 Å². The molecule has 0 aliphatic carbocycles. The molecule has 1 aliphatic heterocycles. The minimum atomic E-state index is -0.171. The SMILES string of the molecule is Cc1ccc(C(=O)Nc2ccc(C(=O)NC[C@H]3CCCO3)cc2)cc1. The molecule has 25 heavy (non-hydrogen) atoms. The molecule has 1 aliphatic rings. The number of benzene rings is 2. The average Bonchev–Trinajstić information content (AvgIpc) is 3.14. The van der Waals surface area contributed by atoms with Crippen LogP contribution < -0.4 is 10.6 Å². The third kappa shape index (κ3) is 4.67. The van der Waals surface area contributed by atoms with Gasteiger partial charge in [-0.25, -0.2) is 0 Å². The number of hydrogen-bond donors (Lipinski definition) is 2. The van der Waals surface area contributed by atoms with Crippen LogP contribution >= 0.6 is 0 Å². The Morgan fingerprint density at radius 1 is 1.00 bits per heavy atom. The molecule has 2 aromatic carbocycles. The Morgan fingerprint density at radius 2 is 1.64 bits per heavy atom. The number of rotatable bonds is 5. The quantitative estimate of drug-likeness (QED) is 0.880. The molecule has 2 amide bonds.